The number of carboxylic acid groups (broad SMARTS) is 1. The molecule has 0 bridgehead atoms. The Kier molecular flexibility index (Phi) is 7.74. The molecule has 2 aromatic carbocycles. The van der Waals surface area contributed by atoms with Crippen LogP contribution in [0.1, 0.15) is 38.3 Å². The Morgan fingerprint density at radius 2 is 1.55 bits per heavy atom. The number of rotatable bonds is 6. The van der Waals surface area contributed by atoms with Gasteiger partial charge in [0.15, 0.2) is 0 Å². The molecule has 3 aromatic rings. The summed E-state index contributed by atoms with van der Waals surface area (Å²) in [6, 6.07) is 11.7. The van der Waals surface area contributed by atoms with Crippen LogP contribution in [0, 0.1) is 0 Å². The summed E-state index contributed by atoms with van der Waals surface area (Å²) in [5, 5.41) is 13.7. The second kappa shape index (κ2) is 9.65. The molecule has 0 saturated carbocycles. The fourth-order valence-corrected chi connectivity index (χ4v) is 3.19. The Balaban J connectivity index is 0.00000300. The Hall–Kier alpha value is -2.02. The number of carbonyl (C=O) groups excluding carboxylic acids is 1. The van der Waals surface area contributed by atoms with Gasteiger partial charge < -0.3 is 19.6 Å². The quantitative estimate of drug-likeness (QED) is 0.596. The number of aliphatic carboxylic acids is 1. The molecule has 1 aromatic heterocycles. The van der Waals surface area contributed by atoms with E-state index in [4.69, 9.17) is 14.3 Å². The van der Waals surface area contributed by atoms with E-state index in [0.717, 1.165) is 33.1 Å². The zero-order valence-electron chi connectivity index (χ0n) is 17.4. The number of fused-ring (bicyclic) bond motifs is 3. The van der Waals surface area contributed by atoms with Crippen LogP contribution in [-0.2, 0) is 22.4 Å². The maximum Gasteiger partial charge on any atom is 0.407 e. The molecule has 0 saturated heterocycles. The van der Waals surface area contributed by atoms with E-state index in [0.29, 0.717) is 19.4 Å². The molecule has 1 amide bonds. The number of aryl methyl sites for hydroxylation is 1. The number of carboxylic acids is 1. The fraction of sp³-hybridized carbons (Fsp3) is 0.364. The minimum absolute atomic E-state index is 0. The summed E-state index contributed by atoms with van der Waals surface area (Å²) in [6.07, 6.45) is 0.631. The summed E-state index contributed by atoms with van der Waals surface area (Å²) in [7, 11) is 0. The monoisotopic (exact) mass is 406 g/mol. The molecule has 0 atom stereocenters. The molecule has 0 aliphatic carbocycles. The van der Waals surface area contributed by atoms with Crippen molar-refractivity contribution in [2.24, 2.45) is 0 Å². The minimum Gasteiger partial charge on any atom is -0.481 e. The number of amides is 1. The molecular weight excluding hydrogens is 381 g/mol. The van der Waals surface area contributed by atoms with Crippen molar-refractivity contribution in [1.29, 1.82) is 0 Å². The van der Waals surface area contributed by atoms with Crippen LogP contribution >= 0.6 is 0 Å². The third-order valence-electron chi connectivity index (χ3n) is 4.36. The SMILES string of the molecule is CC(C)(C)OC(=O)NCCc1cccc2c1oc1c(CCC(=O)O)cccc12.[Na]. The minimum atomic E-state index is -0.831. The Labute approximate surface area is 191 Å². The van der Waals surface area contributed by atoms with Crippen LogP contribution in [0.3, 0.4) is 0 Å². The van der Waals surface area contributed by atoms with Gasteiger partial charge >= 0.3 is 12.1 Å². The number of para-hydroxylation sites is 2. The van der Waals surface area contributed by atoms with E-state index in [1.54, 1.807) is 0 Å². The van der Waals surface area contributed by atoms with Crippen molar-refractivity contribution < 1.29 is 23.8 Å². The number of benzene rings is 2. The summed E-state index contributed by atoms with van der Waals surface area (Å²) in [6.45, 7) is 5.90. The average Bonchev–Trinajstić information content (AvgIpc) is 2.98. The maximum absolute atomic E-state index is 11.8. The number of nitrogens with one attached hydrogen (secondary N) is 1. The first-order valence-electron chi connectivity index (χ1n) is 9.35. The largest absolute Gasteiger partial charge is 0.481 e. The van der Waals surface area contributed by atoms with Crippen molar-refractivity contribution in [3.05, 3.63) is 47.5 Å². The average molecular weight is 406 g/mol. The van der Waals surface area contributed by atoms with Gasteiger partial charge in [-0.25, -0.2) is 4.79 Å². The molecule has 0 unspecified atom stereocenters. The predicted molar refractivity (Wildman–Crippen MR) is 113 cm³/mol. The van der Waals surface area contributed by atoms with E-state index < -0.39 is 17.7 Å². The van der Waals surface area contributed by atoms with Gasteiger partial charge in [-0.1, -0.05) is 36.4 Å². The van der Waals surface area contributed by atoms with Gasteiger partial charge in [0.05, 0.1) is 0 Å². The van der Waals surface area contributed by atoms with Crippen molar-refractivity contribution in [2.75, 3.05) is 6.54 Å². The summed E-state index contributed by atoms with van der Waals surface area (Å²) in [4.78, 5) is 22.7. The summed E-state index contributed by atoms with van der Waals surface area (Å²) >= 11 is 0. The van der Waals surface area contributed by atoms with Gasteiger partial charge in [0.1, 0.15) is 16.8 Å². The van der Waals surface area contributed by atoms with Gasteiger partial charge in [-0.05, 0) is 44.7 Å². The smallest absolute Gasteiger partial charge is 0.407 e. The van der Waals surface area contributed by atoms with Gasteiger partial charge in [0, 0.05) is 53.3 Å². The number of carbonyl (C=O) groups is 2. The zero-order valence-corrected chi connectivity index (χ0v) is 19.4. The van der Waals surface area contributed by atoms with Crippen molar-refractivity contribution in [2.45, 2.75) is 45.6 Å². The fourth-order valence-electron chi connectivity index (χ4n) is 3.19. The molecule has 0 fully saturated rings. The van der Waals surface area contributed by atoms with Crippen LogP contribution in [0.25, 0.3) is 21.9 Å². The Bertz CT molecular complexity index is 1020. The first kappa shape index (κ1) is 23.3. The Morgan fingerprint density at radius 1 is 1.00 bits per heavy atom. The molecular formula is C22H25NNaO5. The topological polar surface area (TPSA) is 88.8 Å². The normalized spacial score (nSPS) is 11.3. The Morgan fingerprint density at radius 3 is 2.07 bits per heavy atom. The summed E-state index contributed by atoms with van der Waals surface area (Å²) in [5.41, 5.74) is 2.83. The van der Waals surface area contributed by atoms with E-state index in [2.05, 4.69) is 5.32 Å². The summed E-state index contributed by atoms with van der Waals surface area (Å²) in [5.74, 6) is -0.831. The number of furan rings is 1. The van der Waals surface area contributed by atoms with Crippen LogP contribution in [0.2, 0.25) is 0 Å². The van der Waals surface area contributed by atoms with Gasteiger partial charge in [-0.2, -0.15) is 0 Å². The first-order valence-corrected chi connectivity index (χ1v) is 9.35. The van der Waals surface area contributed by atoms with Crippen molar-refractivity contribution >= 4 is 63.6 Å². The van der Waals surface area contributed by atoms with Crippen molar-refractivity contribution in [1.82, 2.24) is 5.32 Å². The molecule has 6 nitrogen and oxygen atoms in total. The van der Waals surface area contributed by atoms with Gasteiger partial charge in [-0.15, -0.1) is 0 Å². The molecule has 0 aliphatic rings. The molecule has 1 heterocycles. The van der Waals surface area contributed by atoms with Crippen LogP contribution < -0.4 is 5.32 Å². The van der Waals surface area contributed by atoms with Crippen molar-refractivity contribution in [3.63, 3.8) is 0 Å². The molecule has 0 spiro atoms. The third kappa shape index (κ3) is 5.98. The third-order valence-corrected chi connectivity index (χ3v) is 4.36. The predicted octanol–water partition coefficient (Wildman–Crippen LogP) is 4.29. The van der Waals surface area contributed by atoms with Crippen LogP contribution in [0.5, 0.6) is 0 Å². The number of alkyl carbamates (subject to hydrolysis) is 1. The van der Waals surface area contributed by atoms with Crippen LogP contribution in [0.4, 0.5) is 4.79 Å². The van der Waals surface area contributed by atoms with E-state index >= 15 is 0 Å². The number of hydrogen-bond acceptors (Lipinski definition) is 4. The van der Waals surface area contributed by atoms with E-state index in [-0.39, 0.29) is 36.0 Å². The molecule has 149 valence electrons. The summed E-state index contributed by atoms with van der Waals surface area (Å²) < 4.78 is 11.4. The van der Waals surface area contributed by atoms with E-state index in [1.165, 1.54) is 0 Å². The second-order valence-electron chi connectivity index (χ2n) is 7.76. The van der Waals surface area contributed by atoms with Gasteiger partial charge in [0.2, 0.25) is 0 Å². The first-order chi connectivity index (χ1) is 13.2. The molecule has 7 heteroatoms. The molecule has 29 heavy (non-hydrogen) atoms. The van der Waals surface area contributed by atoms with E-state index in [1.807, 2.05) is 57.2 Å². The number of ether oxygens (including phenoxy) is 1. The molecule has 2 N–H and O–H groups in total. The van der Waals surface area contributed by atoms with Crippen molar-refractivity contribution in [3.8, 4) is 0 Å². The van der Waals surface area contributed by atoms with E-state index in [9.17, 15) is 9.59 Å². The van der Waals surface area contributed by atoms with Gasteiger partial charge in [-0.3, -0.25) is 4.79 Å². The zero-order chi connectivity index (χ0) is 20.3. The molecule has 3 rings (SSSR count). The van der Waals surface area contributed by atoms with Crippen LogP contribution in [-0.4, -0.2) is 58.9 Å². The second-order valence-corrected chi connectivity index (χ2v) is 7.76. The standard InChI is InChI=1S/C22H25NO5.Na/c1-22(2,3)28-21(26)23-13-12-15-7-5-9-17-16-8-4-6-14(10-11-18(24)25)19(16)27-20(15)17;/h4-9H,10-13H2,1-3H3,(H,23,26)(H,24,25);. The molecule has 0 aliphatic heterocycles. The van der Waals surface area contributed by atoms with Gasteiger partial charge in [0.25, 0.3) is 0 Å². The molecule has 1 radical (unpaired) electrons. The van der Waals surface area contributed by atoms with Crippen LogP contribution in [0.15, 0.2) is 40.8 Å². The number of hydrogen-bond donors (Lipinski definition) is 2. The maximum atomic E-state index is 11.8.